The molecule has 6 nitrogen and oxygen atoms in total. The molecule has 0 fully saturated rings. The zero-order chi connectivity index (χ0) is 12.0. The molecular weight excluding hydrogens is 204 g/mol. The Labute approximate surface area is 87.2 Å². The molecule has 0 amide bonds. The smallest absolute Gasteiger partial charge is 0.303 e. The third-order valence-corrected chi connectivity index (χ3v) is 1.54. The van der Waals surface area contributed by atoms with Gasteiger partial charge in [0.25, 0.3) is 0 Å². The predicted molar refractivity (Wildman–Crippen MR) is 48.9 cm³/mol. The molecule has 0 aromatic carbocycles. The Hall–Kier alpha value is -1.43. The van der Waals surface area contributed by atoms with E-state index in [1.807, 2.05) is 0 Å². The van der Waals surface area contributed by atoms with Gasteiger partial charge < -0.3 is 14.6 Å². The minimum absolute atomic E-state index is 0.307. The number of ether oxygens (including phenoxy) is 2. The van der Waals surface area contributed by atoms with Gasteiger partial charge in [-0.25, -0.2) is 0 Å². The zero-order valence-electron chi connectivity index (χ0n) is 8.80. The van der Waals surface area contributed by atoms with Crippen molar-refractivity contribution in [2.24, 2.45) is 0 Å². The summed E-state index contributed by atoms with van der Waals surface area (Å²) in [4.78, 5) is 31.9. The number of carbonyl (C=O) groups excluding carboxylic acids is 3. The van der Waals surface area contributed by atoms with E-state index in [1.165, 1.54) is 6.92 Å². The summed E-state index contributed by atoms with van der Waals surface area (Å²) in [6.45, 7) is 3.57. The second kappa shape index (κ2) is 6.13. The molecule has 0 aromatic heterocycles. The number of aldehydes is 1. The summed E-state index contributed by atoms with van der Waals surface area (Å²) in [6.07, 6.45) is -3.26. The average molecular weight is 218 g/mol. The van der Waals surface area contributed by atoms with Crippen LogP contribution in [0.3, 0.4) is 0 Å². The Morgan fingerprint density at radius 3 is 1.93 bits per heavy atom. The molecule has 0 aromatic rings. The van der Waals surface area contributed by atoms with Crippen molar-refractivity contribution in [3.63, 3.8) is 0 Å². The largest absolute Gasteiger partial charge is 0.455 e. The van der Waals surface area contributed by atoms with E-state index in [9.17, 15) is 19.5 Å². The quantitative estimate of drug-likeness (QED) is 0.491. The Balaban J connectivity index is 4.61. The molecule has 0 saturated heterocycles. The molecule has 0 radical (unpaired) electrons. The second-order valence-electron chi connectivity index (χ2n) is 3.02. The third-order valence-electron chi connectivity index (χ3n) is 1.54. The van der Waals surface area contributed by atoms with Crippen LogP contribution in [0.25, 0.3) is 0 Å². The van der Waals surface area contributed by atoms with Crippen molar-refractivity contribution in [1.29, 1.82) is 0 Å². The van der Waals surface area contributed by atoms with Gasteiger partial charge in [-0.15, -0.1) is 0 Å². The first-order valence-corrected chi connectivity index (χ1v) is 4.36. The van der Waals surface area contributed by atoms with E-state index in [2.05, 4.69) is 9.47 Å². The van der Waals surface area contributed by atoms with Crippen molar-refractivity contribution in [3.05, 3.63) is 0 Å². The first kappa shape index (κ1) is 13.6. The van der Waals surface area contributed by atoms with E-state index in [0.29, 0.717) is 6.29 Å². The molecule has 0 aliphatic rings. The van der Waals surface area contributed by atoms with Gasteiger partial charge in [0.1, 0.15) is 0 Å². The lowest BCUT2D eigenvalue weighted by atomic mass is 10.1. The second-order valence-corrected chi connectivity index (χ2v) is 3.02. The van der Waals surface area contributed by atoms with Gasteiger partial charge in [0.05, 0.1) is 6.10 Å². The zero-order valence-corrected chi connectivity index (χ0v) is 8.80. The highest BCUT2D eigenvalue weighted by Gasteiger charge is 2.30. The van der Waals surface area contributed by atoms with E-state index in [-0.39, 0.29) is 0 Å². The number of aliphatic hydroxyl groups is 1. The fraction of sp³-hybridized carbons (Fsp3) is 0.667. The lowest BCUT2D eigenvalue weighted by Gasteiger charge is -2.24. The summed E-state index contributed by atoms with van der Waals surface area (Å²) in [5, 5.41) is 9.25. The molecule has 0 heterocycles. The van der Waals surface area contributed by atoms with Crippen molar-refractivity contribution in [2.75, 3.05) is 0 Å². The summed E-state index contributed by atoms with van der Waals surface area (Å²) in [5.41, 5.74) is 0. The van der Waals surface area contributed by atoms with Gasteiger partial charge in [-0.1, -0.05) is 0 Å². The molecule has 0 spiro atoms. The number of aliphatic hydroxyl groups excluding tert-OH is 1. The van der Waals surface area contributed by atoms with Crippen LogP contribution in [0, 0.1) is 0 Å². The lowest BCUT2D eigenvalue weighted by molar-refractivity contribution is -0.173. The van der Waals surface area contributed by atoms with Crippen molar-refractivity contribution in [2.45, 2.75) is 39.1 Å². The normalized spacial score (nSPS) is 16.0. The van der Waals surface area contributed by atoms with Gasteiger partial charge in [0.2, 0.25) is 0 Å². The lowest BCUT2D eigenvalue weighted by Crippen LogP contribution is -2.42. The van der Waals surface area contributed by atoms with Crippen molar-refractivity contribution in [1.82, 2.24) is 0 Å². The van der Waals surface area contributed by atoms with Crippen molar-refractivity contribution < 1.29 is 29.0 Å². The fourth-order valence-corrected chi connectivity index (χ4v) is 0.996. The molecule has 1 N–H and O–H groups in total. The van der Waals surface area contributed by atoms with E-state index < -0.39 is 30.3 Å². The Bertz CT molecular complexity index is 247. The molecule has 0 rings (SSSR count). The molecule has 0 aliphatic carbocycles. The van der Waals surface area contributed by atoms with E-state index >= 15 is 0 Å². The van der Waals surface area contributed by atoms with Crippen LogP contribution in [0.1, 0.15) is 20.8 Å². The first-order chi connectivity index (χ1) is 6.88. The van der Waals surface area contributed by atoms with Gasteiger partial charge in [-0.3, -0.25) is 14.4 Å². The number of rotatable bonds is 5. The monoisotopic (exact) mass is 218 g/mol. The maximum absolute atomic E-state index is 10.7. The fourth-order valence-electron chi connectivity index (χ4n) is 0.996. The van der Waals surface area contributed by atoms with Crippen molar-refractivity contribution >= 4 is 18.2 Å². The number of hydrogen-bond donors (Lipinski definition) is 1. The van der Waals surface area contributed by atoms with Gasteiger partial charge in [-0.05, 0) is 6.92 Å². The topological polar surface area (TPSA) is 89.9 Å². The van der Waals surface area contributed by atoms with Gasteiger partial charge in [0.15, 0.2) is 18.5 Å². The van der Waals surface area contributed by atoms with E-state index in [1.54, 1.807) is 0 Å². The Morgan fingerprint density at radius 1 is 1.20 bits per heavy atom. The number of carbonyl (C=O) groups is 3. The van der Waals surface area contributed by atoms with E-state index in [0.717, 1.165) is 13.8 Å². The van der Waals surface area contributed by atoms with Crippen LogP contribution in [0.5, 0.6) is 0 Å². The molecule has 0 unspecified atom stereocenters. The summed E-state index contributed by atoms with van der Waals surface area (Å²) in [5.74, 6) is -1.36. The van der Waals surface area contributed by atoms with Gasteiger partial charge >= 0.3 is 11.9 Å². The highest BCUT2D eigenvalue weighted by atomic mass is 16.6. The van der Waals surface area contributed by atoms with Gasteiger partial charge in [0, 0.05) is 13.8 Å². The Morgan fingerprint density at radius 2 is 1.67 bits per heavy atom. The molecule has 0 bridgehead atoms. The van der Waals surface area contributed by atoms with Crippen LogP contribution >= 0.6 is 0 Å². The van der Waals surface area contributed by atoms with Crippen LogP contribution in [0.15, 0.2) is 0 Å². The third kappa shape index (κ3) is 5.11. The first-order valence-electron chi connectivity index (χ1n) is 4.36. The molecule has 6 heteroatoms. The minimum Gasteiger partial charge on any atom is -0.455 e. The molecule has 15 heavy (non-hydrogen) atoms. The highest BCUT2D eigenvalue weighted by Crippen LogP contribution is 2.08. The maximum Gasteiger partial charge on any atom is 0.303 e. The summed E-state index contributed by atoms with van der Waals surface area (Å²) < 4.78 is 9.25. The highest BCUT2D eigenvalue weighted by molar-refractivity contribution is 5.71. The van der Waals surface area contributed by atoms with Crippen LogP contribution < -0.4 is 0 Å². The molecule has 86 valence electrons. The minimum atomic E-state index is -1.29. The summed E-state index contributed by atoms with van der Waals surface area (Å²) in [7, 11) is 0. The molecular formula is C9H14O6. The van der Waals surface area contributed by atoms with Crippen LogP contribution in [-0.2, 0) is 23.9 Å². The predicted octanol–water partition coefficient (Wildman–Crippen LogP) is -0.571. The van der Waals surface area contributed by atoms with E-state index in [4.69, 9.17) is 0 Å². The SMILES string of the molecule is CC(=O)O[C@@H]([C@H](C=O)OC(C)=O)[C@@H](C)O. The maximum atomic E-state index is 10.7. The number of esters is 2. The standard InChI is InChI=1S/C9H14O6/c1-5(11)9(15-7(3)13)8(4-10)14-6(2)12/h4-5,8-9,11H,1-3H3/t5-,8+,9-/m1/s1. The summed E-state index contributed by atoms with van der Waals surface area (Å²) >= 11 is 0. The molecule has 0 aliphatic heterocycles. The molecule has 0 saturated carbocycles. The van der Waals surface area contributed by atoms with Crippen LogP contribution in [0.2, 0.25) is 0 Å². The van der Waals surface area contributed by atoms with Gasteiger partial charge in [-0.2, -0.15) is 0 Å². The molecule has 3 atom stereocenters. The Kier molecular flexibility index (Phi) is 5.54. The van der Waals surface area contributed by atoms with Crippen LogP contribution in [0.4, 0.5) is 0 Å². The average Bonchev–Trinajstić information content (AvgIpc) is 2.09. The summed E-state index contributed by atoms with van der Waals surface area (Å²) in [6, 6.07) is 0. The number of hydrogen-bond acceptors (Lipinski definition) is 6. The van der Waals surface area contributed by atoms with Crippen LogP contribution in [-0.4, -0.2) is 41.6 Å². The van der Waals surface area contributed by atoms with Crippen molar-refractivity contribution in [3.8, 4) is 0 Å².